The number of benzene rings is 2. The van der Waals surface area contributed by atoms with Crippen LogP contribution in [0.4, 0.5) is 0 Å². The third-order valence-corrected chi connectivity index (χ3v) is 4.42. The molecule has 1 aliphatic carbocycles. The number of amides is 1. The second-order valence-electron chi connectivity index (χ2n) is 6.59. The quantitative estimate of drug-likeness (QED) is 0.822. The highest BCUT2D eigenvalue weighted by Crippen LogP contribution is 2.22. The zero-order chi connectivity index (χ0) is 17.5. The molecule has 1 saturated carbocycles. The van der Waals surface area contributed by atoms with E-state index in [9.17, 15) is 4.79 Å². The van der Waals surface area contributed by atoms with Gasteiger partial charge in [-0.2, -0.15) is 5.10 Å². The lowest BCUT2D eigenvalue weighted by Gasteiger charge is -2.18. The SMILES string of the molecule is CC1CCC/C(=N/NC(=O)COc2ccc(-c3ccccc3)cc2)C1. The van der Waals surface area contributed by atoms with Gasteiger partial charge in [0.25, 0.3) is 5.91 Å². The van der Waals surface area contributed by atoms with E-state index in [0.717, 1.165) is 36.1 Å². The Labute approximate surface area is 148 Å². The van der Waals surface area contributed by atoms with Gasteiger partial charge >= 0.3 is 0 Å². The van der Waals surface area contributed by atoms with Crippen LogP contribution in [0.15, 0.2) is 59.7 Å². The Hall–Kier alpha value is -2.62. The average Bonchev–Trinajstić information content (AvgIpc) is 2.66. The molecule has 0 aromatic heterocycles. The van der Waals surface area contributed by atoms with Crippen molar-refractivity contribution in [3.63, 3.8) is 0 Å². The molecule has 0 aliphatic heterocycles. The minimum Gasteiger partial charge on any atom is -0.484 e. The minimum absolute atomic E-state index is 0.0307. The summed E-state index contributed by atoms with van der Waals surface area (Å²) in [4.78, 5) is 11.9. The lowest BCUT2D eigenvalue weighted by molar-refractivity contribution is -0.123. The fourth-order valence-corrected chi connectivity index (χ4v) is 3.06. The zero-order valence-electron chi connectivity index (χ0n) is 14.6. The van der Waals surface area contributed by atoms with Crippen molar-refractivity contribution in [1.82, 2.24) is 5.43 Å². The number of hydrazone groups is 1. The molecule has 0 saturated heterocycles. The van der Waals surface area contributed by atoms with E-state index in [1.807, 2.05) is 42.5 Å². The monoisotopic (exact) mass is 336 g/mol. The number of ether oxygens (including phenoxy) is 1. The summed E-state index contributed by atoms with van der Waals surface area (Å²) < 4.78 is 5.54. The van der Waals surface area contributed by atoms with Crippen molar-refractivity contribution >= 4 is 11.6 Å². The van der Waals surface area contributed by atoms with Crippen molar-refractivity contribution in [3.8, 4) is 16.9 Å². The molecule has 0 radical (unpaired) electrons. The first-order chi connectivity index (χ1) is 12.2. The van der Waals surface area contributed by atoms with Gasteiger partial charge in [-0.05, 0) is 54.9 Å². The van der Waals surface area contributed by atoms with Crippen LogP contribution in [0.2, 0.25) is 0 Å². The maximum atomic E-state index is 11.9. The van der Waals surface area contributed by atoms with Crippen LogP contribution in [0.25, 0.3) is 11.1 Å². The molecule has 0 heterocycles. The van der Waals surface area contributed by atoms with Gasteiger partial charge in [-0.1, -0.05) is 49.4 Å². The lowest BCUT2D eigenvalue weighted by Crippen LogP contribution is -2.27. The van der Waals surface area contributed by atoms with Gasteiger partial charge in [0.15, 0.2) is 6.61 Å². The fourth-order valence-electron chi connectivity index (χ4n) is 3.06. The van der Waals surface area contributed by atoms with Crippen molar-refractivity contribution in [2.45, 2.75) is 32.6 Å². The molecule has 1 amide bonds. The molecule has 3 rings (SSSR count). The molecular weight excluding hydrogens is 312 g/mol. The van der Waals surface area contributed by atoms with Crippen LogP contribution in [0.5, 0.6) is 5.75 Å². The predicted octanol–water partition coefficient (Wildman–Crippen LogP) is 4.41. The van der Waals surface area contributed by atoms with Crippen LogP contribution < -0.4 is 10.2 Å². The molecule has 1 atom stereocenters. The maximum absolute atomic E-state index is 11.9. The van der Waals surface area contributed by atoms with E-state index < -0.39 is 0 Å². The molecule has 4 heteroatoms. The van der Waals surface area contributed by atoms with Crippen molar-refractivity contribution in [2.75, 3.05) is 6.61 Å². The number of hydrogen-bond acceptors (Lipinski definition) is 3. The Morgan fingerprint density at radius 1 is 1.12 bits per heavy atom. The number of nitrogens with one attached hydrogen (secondary N) is 1. The Morgan fingerprint density at radius 2 is 1.84 bits per heavy atom. The second-order valence-corrected chi connectivity index (χ2v) is 6.59. The van der Waals surface area contributed by atoms with Crippen LogP contribution in [0.1, 0.15) is 32.6 Å². The third-order valence-electron chi connectivity index (χ3n) is 4.42. The lowest BCUT2D eigenvalue weighted by atomic mass is 9.89. The summed E-state index contributed by atoms with van der Waals surface area (Å²) in [5.41, 5.74) is 5.96. The van der Waals surface area contributed by atoms with Crippen molar-refractivity contribution in [3.05, 3.63) is 54.6 Å². The molecule has 0 bridgehead atoms. The number of nitrogens with zero attached hydrogens (tertiary/aromatic N) is 1. The van der Waals surface area contributed by atoms with Crippen LogP contribution in [0.3, 0.4) is 0 Å². The zero-order valence-corrected chi connectivity index (χ0v) is 14.6. The third kappa shape index (κ3) is 5.18. The summed E-state index contributed by atoms with van der Waals surface area (Å²) in [5, 5.41) is 4.24. The van der Waals surface area contributed by atoms with Gasteiger partial charge in [-0.25, -0.2) is 5.43 Å². The predicted molar refractivity (Wildman–Crippen MR) is 101 cm³/mol. The van der Waals surface area contributed by atoms with E-state index in [-0.39, 0.29) is 12.5 Å². The van der Waals surface area contributed by atoms with Gasteiger partial charge in [0, 0.05) is 5.71 Å². The molecular formula is C21H24N2O2. The first-order valence-corrected chi connectivity index (χ1v) is 8.83. The van der Waals surface area contributed by atoms with Crippen LogP contribution >= 0.6 is 0 Å². The minimum atomic E-state index is -0.224. The Morgan fingerprint density at radius 3 is 2.56 bits per heavy atom. The van der Waals surface area contributed by atoms with Crippen LogP contribution in [-0.4, -0.2) is 18.2 Å². The molecule has 1 unspecified atom stereocenters. The van der Waals surface area contributed by atoms with E-state index in [4.69, 9.17) is 4.74 Å². The number of hydrogen-bond donors (Lipinski definition) is 1. The molecule has 1 fully saturated rings. The van der Waals surface area contributed by atoms with E-state index >= 15 is 0 Å². The van der Waals surface area contributed by atoms with Gasteiger partial charge in [-0.15, -0.1) is 0 Å². The van der Waals surface area contributed by atoms with Gasteiger partial charge in [-0.3, -0.25) is 4.79 Å². The first kappa shape index (κ1) is 17.2. The summed E-state index contributed by atoms with van der Waals surface area (Å²) in [6, 6.07) is 17.9. The van der Waals surface area contributed by atoms with E-state index in [1.165, 1.54) is 6.42 Å². The van der Waals surface area contributed by atoms with Crippen molar-refractivity contribution in [1.29, 1.82) is 0 Å². The topological polar surface area (TPSA) is 50.7 Å². The van der Waals surface area contributed by atoms with Crippen LogP contribution in [-0.2, 0) is 4.79 Å². The number of carbonyl (C=O) groups excluding carboxylic acids is 1. The average molecular weight is 336 g/mol. The van der Waals surface area contributed by atoms with Gasteiger partial charge in [0.05, 0.1) is 0 Å². The van der Waals surface area contributed by atoms with Gasteiger partial charge in [0.2, 0.25) is 0 Å². The van der Waals surface area contributed by atoms with Gasteiger partial charge in [0.1, 0.15) is 5.75 Å². The summed E-state index contributed by atoms with van der Waals surface area (Å²) in [6.07, 6.45) is 4.35. The highest BCUT2D eigenvalue weighted by atomic mass is 16.5. The van der Waals surface area contributed by atoms with E-state index in [2.05, 4.69) is 29.6 Å². The molecule has 1 N–H and O–H groups in total. The Bertz CT molecular complexity index is 723. The fraction of sp³-hybridized carbons (Fsp3) is 0.333. The van der Waals surface area contributed by atoms with Crippen molar-refractivity contribution in [2.24, 2.45) is 11.0 Å². The Kier molecular flexibility index (Phi) is 5.83. The molecule has 2 aromatic rings. The highest BCUT2D eigenvalue weighted by Gasteiger charge is 2.14. The number of rotatable bonds is 5. The normalized spacial score (nSPS) is 18.8. The van der Waals surface area contributed by atoms with Crippen molar-refractivity contribution < 1.29 is 9.53 Å². The van der Waals surface area contributed by atoms with Gasteiger partial charge < -0.3 is 4.74 Å². The molecule has 2 aromatic carbocycles. The summed E-state index contributed by atoms with van der Waals surface area (Å²) in [6.45, 7) is 2.19. The summed E-state index contributed by atoms with van der Waals surface area (Å²) in [7, 11) is 0. The smallest absolute Gasteiger partial charge is 0.277 e. The Balaban J connectivity index is 1.48. The maximum Gasteiger partial charge on any atom is 0.277 e. The second kappa shape index (κ2) is 8.47. The highest BCUT2D eigenvalue weighted by molar-refractivity contribution is 5.87. The molecule has 4 nitrogen and oxygen atoms in total. The molecule has 25 heavy (non-hydrogen) atoms. The molecule has 1 aliphatic rings. The first-order valence-electron chi connectivity index (χ1n) is 8.83. The van der Waals surface area contributed by atoms with E-state index in [0.29, 0.717) is 11.7 Å². The number of carbonyl (C=O) groups is 1. The summed E-state index contributed by atoms with van der Waals surface area (Å²) in [5.74, 6) is 1.11. The molecule has 130 valence electrons. The largest absolute Gasteiger partial charge is 0.484 e. The van der Waals surface area contributed by atoms with Crippen LogP contribution in [0, 0.1) is 5.92 Å². The van der Waals surface area contributed by atoms with E-state index in [1.54, 1.807) is 0 Å². The molecule has 0 spiro atoms. The summed E-state index contributed by atoms with van der Waals surface area (Å²) >= 11 is 0. The standard InChI is InChI=1S/C21H24N2O2/c1-16-6-5-9-19(14-16)22-23-21(24)15-25-20-12-10-18(11-13-20)17-7-3-2-4-8-17/h2-4,7-8,10-13,16H,5-6,9,14-15H2,1H3,(H,23,24)/b22-19-.